The van der Waals surface area contributed by atoms with Crippen molar-refractivity contribution in [2.45, 2.75) is 19.4 Å². The number of carbonyl (C=O) groups excluding carboxylic acids is 1. The highest BCUT2D eigenvalue weighted by Crippen LogP contribution is 2.15. The molecule has 1 saturated heterocycles. The normalized spacial score (nSPS) is 14.2. The van der Waals surface area contributed by atoms with E-state index in [9.17, 15) is 4.79 Å². The number of urea groups is 1. The Labute approximate surface area is 111 Å². The average Bonchev–Trinajstić information content (AvgIpc) is 3.04. The molecular weight excluding hydrogens is 246 g/mol. The van der Waals surface area contributed by atoms with Gasteiger partial charge < -0.3 is 16.0 Å². The number of nitrogens with zero attached hydrogens (tertiary/aromatic N) is 1. The summed E-state index contributed by atoms with van der Waals surface area (Å²) in [6.45, 7) is 2.70. The van der Waals surface area contributed by atoms with Crippen molar-refractivity contribution in [2.75, 3.05) is 19.6 Å². The number of hydrogen-bond acceptors (Lipinski definition) is 3. The third-order valence-corrected chi connectivity index (χ3v) is 3.78. The third kappa shape index (κ3) is 3.49. The van der Waals surface area contributed by atoms with Crippen LogP contribution in [0.1, 0.15) is 22.6 Å². The van der Waals surface area contributed by atoms with Gasteiger partial charge in [0, 0.05) is 18.0 Å². The molecule has 0 aliphatic carbocycles. The minimum atomic E-state index is 0.0375. The molecule has 0 radical (unpaired) electrons. The van der Waals surface area contributed by atoms with Crippen LogP contribution in [0.2, 0.25) is 0 Å². The molecule has 1 aromatic rings. The number of nitrogens with one attached hydrogen (secondary N) is 1. The van der Waals surface area contributed by atoms with Gasteiger partial charge in [-0.15, -0.1) is 11.3 Å². The van der Waals surface area contributed by atoms with Gasteiger partial charge in [-0.25, -0.2) is 4.79 Å². The first kappa shape index (κ1) is 12.9. The molecule has 0 bridgehead atoms. The van der Waals surface area contributed by atoms with E-state index in [2.05, 4.69) is 17.2 Å². The van der Waals surface area contributed by atoms with E-state index in [1.807, 2.05) is 17.0 Å². The second-order valence-corrected chi connectivity index (χ2v) is 5.29. The van der Waals surface area contributed by atoms with E-state index in [1.54, 1.807) is 11.3 Å². The molecule has 1 fully saturated rings. The summed E-state index contributed by atoms with van der Waals surface area (Å²) in [6.07, 6.45) is 2.23. The van der Waals surface area contributed by atoms with Crippen LogP contribution in [0, 0.1) is 11.8 Å². The van der Waals surface area contributed by atoms with Crippen LogP contribution in [0.15, 0.2) is 12.1 Å². The number of nitrogens with two attached hydrogens (primary N) is 1. The second kappa shape index (κ2) is 6.43. The molecule has 0 saturated carbocycles. The van der Waals surface area contributed by atoms with E-state index in [-0.39, 0.29) is 6.03 Å². The zero-order valence-electron chi connectivity index (χ0n) is 10.2. The monoisotopic (exact) mass is 263 g/mol. The van der Waals surface area contributed by atoms with Crippen LogP contribution in [-0.4, -0.2) is 30.6 Å². The Morgan fingerprint density at radius 3 is 2.94 bits per heavy atom. The van der Waals surface area contributed by atoms with Gasteiger partial charge in [0.25, 0.3) is 0 Å². The van der Waals surface area contributed by atoms with Gasteiger partial charge in [-0.3, -0.25) is 0 Å². The number of amides is 2. The Kier molecular flexibility index (Phi) is 4.62. The van der Waals surface area contributed by atoms with Crippen molar-refractivity contribution in [1.82, 2.24) is 10.2 Å². The van der Waals surface area contributed by atoms with Crippen LogP contribution in [0.25, 0.3) is 0 Å². The largest absolute Gasteiger partial charge is 0.333 e. The predicted molar refractivity (Wildman–Crippen MR) is 73.3 cm³/mol. The van der Waals surface area contributed by atoms with Gasteiger partial charge in [0.15, 0.2) is 0 Å². The van der Waals surface area contributed by atoms with Crippen LogP contribution >= 0.6 is 11.3 Å². The second-order valence-electron chi connectivity index (χ2n) is 4.12. The molecule has 1 aromatic heterocycles. The van der Waals surface area contributed by atoms with Crippen molar-refractivity contribution in [1.29, 1.82) is 0 Å². The summed E-state index contributed by atoms with van der Waals surface area (Å²) in [6, 6.07) is 4.00. The van der Waals surface area contributed by atoms with Crippen LogP contribution in [-0.2, 0) is 6.54 Å². The number of rotatable bonds is 2. The Morgan fingerprint density at radius 2 is 2.22 bits per heavy atom. The van der Waals surface area contributed by atoms with Gasteiger partial charge in [-0.05, 0) is 25.0 Å². The first-order chi connectivity index (χ1) is 8.79. The Morgan fingerprint density at radius 1 is 1.44 bits per heavy atom. The summed E-state index contributed by atoms with van der Waals surface area (Å²) < 4.78 is 0. The van der Waals surface area contributed by atoms with Crippen molar-refractivity contribution >= 4 is 17.4 Å². The Balaban J connectivity index is 1.82. The van der Waals surface area contributed by atoms with E-state index in [4.69, 9.17) is 5.73 Å². The number of likely N-dealkylation sites (tertiary alicyclic amines) is 1. The molecule has 4 nitrogen and oxygen atoms in total. The molecule has 18 heavy (non-hydrogen) atoms. The van der Waals surface area contributed by atoms with Crippen molar-refractivity contribution < 1.29 is 4.79 Å². The van der Waals surface area contributed by atoms with E-state index >= 15 is 0 Å². The Bertz CT molecular complexity index is 466. The predicted octanol–water partition coefficient (Wildman–Crippen LogP) is 1.36. The fourth-order valence-electron chi connectivity index (χ4n) is 1.87. The van der Waals surface area contributed by atoms with Crippen molar-refractivity contribution in [2.24, 2.45) is 5.73 Å². The fourth-order valence-corrected chi connectivity index (χ4v) is 2.70. The molecule has 2 heterocycles. The topological polar surface area (TPSA) is 58.4 Å². The van der Waals surface area contributed by atoms with Crippen molar-refractivity contribution in [3.8, 4) is 11.8 Å². The van der Waals surface area contributed by atoms with Gasteiger partial charge in [-0.1, -0.05) is 11.8 Å². The minimum absolute atomic E-state index is 0.0375. The van der Waals surface area contributed by atoms with Crippen molar-refractivity contribution in [3.63, 3.8) is 0 Å². The summed E-state index contributed by atoms with van der Waals surface area (Å²) in [5.41, 5.74) is 5.32. The molecule has 96 valence electrons. The molecule has 5 heteroatoms. The van der Waals surface area contributed by atoms with Gasteiger partial charge in [0.05, 0.1) is 18.0 Å². The standard InChI is InChI=1S/C13H17N3OS/c14-7-3-4-11-5-6-12(18-11)10-15-13(17)16-8-1-2-9-16/h5-6H,1-2,7-10,14H2,(H,15,17). The lowest BCUT2D eigenvalue weighted by Gasteiger charge is -2.15. The molecule has 1 aliphatic rings. The number of hydrogen-bond donors (Lipinski definition) is 2. The molecule has 2 rings (SSSR count). The summed E-state index contributed by atoms with van der Waals surface area (Å²) in [5.74, 6) is 5.81. The van der Waals surface area contributed by atoms with E-state index < -0.39 is 0 Å². The van der Waals surface area contributed by atoms with Gasteiger partial charge >= 0.3 is 6.03 Å². The lowest BCUT2D eigenvalue weighted by atomic mass is 10.4. The molecule has 0 unspecified atom stereocenters. The third-order valence-electron chi connectivity index (χ3n) is 2.78. The highest BCUT2D eigenvalue weighted by Gasteiger charge is 2.17. The molecule has 0 atom stereocenters. The van der Waals surface area contributed by atoms with Crippen LogP contribution < -0.4 is 11.1 Å². The maximum Gasteiger partial charge on any atom is 0.317 e. The van der Waals surface area contributed by atoms with E-state index in [0.29, 0.717) is 13.1 Å². The van der Waals surface area contributed by atoms with Gasteiger partial charge in [0.2, 0.25) is 0 Å². The lowest BCUT2D eigenvalue weighted by Crippen LogP contribution is -2.37. The van der Waals surface area contributed by atoms with E-state index in [0.717, 1.165) is 35.7 Å². The van der Waals surface area contributed by atoms with Crippen molar-refractivity contribution in [3.05, 3.63) is 21.9 Å². The van der Waals surface area contributed by atoms with Crippen LogP contribution in [0.4, 0.5) is 4.79 Å². The summed E-state index contributed by atoms with van der Waals surface area (Å²) in [5, 5.41) is 2.93. The SMILES string of the molecule is NCC#Cc1ccc(CNC(=O)N2CCCC2)s1. The summed E-state index contributed by atoms with van der Waals surface area (Å²) in [7, 11) is 0. The number of thiophene rings is 1. The molecule has 2 amide bonds. The molecule has 3 N–H and O–H groups in total. The highest BCUT2D eigenvalue weighted by molar-refractivity contribution is 7.12. The maximum absolute atomic E-state index is 11.8. The highest BCUT2D eigenvalue weighted by atomic mass is 32.1. The molecule has 0 aromatic carbocycles. The first-order valence-corrected chi connectivity index (χ1v) is 6.91. The fraction of sp³-hybridized carbons (Fsp3) is 0.462. The van der Waals surface area contributed by atoms with Gasteiger partial charge in [0.1, 0.15) is 0 Å². The quantitative estimate of drug-likeness (QED) is 0.792. The summed E-state index contributed by atoms with van der Waals surface area (Å²) in [4.78, 5) is 15.7. The zero-order chi connectivity index (χ0) is 12.8. The zero-order valence-corrected chi connectivity index (χ0v) is 11.1. The van der Waals surface area contributed by atoms with E-state index in [1.165, 1.54) is 0 Å². The Hall–Kier alpha value is -1.51. The summed E-state index contributed by atoms with van der Waals surface area (Å²) >= 11 is 1.59. The van der Waals surface area contributed by atoms with Crippen LogP contribution in [0.5, 0.6) is 0 Å². The molecule has 0 spiro atoms. The smallest absolute Gasteiger partial charge is 0.317 e. The maximum atomic E-state index is 11.8. The van der Waals surface area contributed by atoms with Crippen LogP contribution in [0.3, 0.4) is 0 Å². The molecule has 1 aliphatic heterocycles. The average molecular weight is 263 g/mol. The number of carbonyl (C=O) groups is 1. The minimum Gasteiger partial charge on any atom is -0.333 e. The molecular formula is C13H17N3OS. The first-order valence-electron chi connectivity index (χ1n) is 6.10. The lowest BCUT2D eigenvalue weighted by molar-refractivity contribution is 0.208. The van der Waals surface area contributed by atoms with Gasteiger partial charge in [-0.2, -0.15) is 0 Å².